The van der Waals surface area contributed by atoms with Crippen molar-refractivity contribution in [1.29, 1.82) is 0 Å². The molecule has 120 valence electrons. The quantitative estimate of drug-likeness (QED) is 0.905. The Balaban J connectivity index is 2.63. The molecule has 8 heteroatoms. The fourth-order valence-corrected chi connectivity index (χ4v) is 3.74. The van der Waals surface area contributed by atoms with Crippen molar-refractivity contribution < 1.29 is 13.2 Å². The van der Waals surface area contributed by atoms with Gasteiger partial charge in [0.15, 0.2) is 0 Å². The van der Waals surface area contributed by atoms with Crippen molar-refractivity contribution in [1.82, 2.24) is 14.7 Å². The highest BCUT2D eigenvalue weighted by atomic mass is 32.2. The Morgan fingerprint density at radius 2 is 1.77 bits per heavy atom. The number of aromatic nitrogens is 2. The lowest BCUT2D eigenvalue weighted by molar-refractivity contribution is 0.0985. The number of amides is 1. The SMILES string of the molecule is Cc1nc(C(C)(C)C)nc2sc(C(=O)NS(C)(=O)=O)c(C)c12. The van der Waals surface area contributed by atoms with Crippen LogP contribution in [0.25, 0.3) is 10.2 Å². The average molecular weight is 341 g/mol. The summed E-state index contributed by atoms with van der Waals surface area (Å²) >= 11 is 1.19. The molecule has 2 aromatic heterocycles. The van der Waals surface area contributed by atoms with E-state index in [1.807, 2.05) is 32.4 Å². The Morgan fingerprint density at radius 1 is 1.18 bits per heavy atom. The first-order chi connectivity index (χ1) is 9.90. The summed E-state index contributed by atoms with van der Waals surface area (Å²) in [7, 11) is -3.60. The molecule has 1 N–H and O–H groups in total. The van der Waals surface area contributed by atoms with E-state index in [-0.39, 0.29) is 5.41 Å². The maximum atomic E-state index is 12.1. The molecule has 6 nitrogen and oxygen atoms in total. The molecule has 0 radical (unpaired) electrons. The molecule has 0 atom stereocenters. The normalized spacial score (nSPS) is 12.6. The summed E-state index contributed by atoms with van der Waals surface area (Å²) in [5.41, 5.74) is 1.30. The number of carbonyl (C=O) groups is 1. The molecule has 0 aromatic carbocycles. The zero-order chi connectivity index (χ0) is 16.9. The van der Waals surface area contributed by atoms with E-state index in [4.69, 9.17) is 0 Å². The van der Waals surface area contributed by atoms with Crippen LogP contribution in [0.3, 0.4) is 0 Å². The Bertz CT molecular complexity index is 862. The van der Waals surface area contributed by atoms with Crippen LogP contribution in [0.15, 0.2) is 0 Å². The van der Waals surface area contributed by atoms with Crippen LogP contribution in [0.1, 0.15) is 47.5 Å². The zero-order valence-corrected chi connectivity index (χ0v) is 15.1. The molecule has 0 spiro atoms. The van der Waals surface area contributed by atoms with Crippen LogP contribution in [0.4, 0.5) is 0 Å². The zero-order valence-electron chi connectivity index (χ0n) is 13.4. The van der Waals surface area contributed by atoms with Crippen molar-refractivity contribution >= 4 is 37.5 Å². The molecule has 0 unspecified atom stereocenters. The summed E-state index contributed by atoms with van der Waals surface area (Å²) in [5.74, 6) is 0.0773. The summed E-state index contributed by atoms with van der Waals surface area (Å²) in [6, 6.07) is 0. The molecule has 2 rings (SSSR count). The van der Waals surface area contributed by atoms with E-state index >= 15 is 0 Å². The second-order valence-electron chi connectivity index (χ2n) is 6.32. The highest BCUT2D eigenvalue weighted by Gasteiger charge is 2.24. The van der Waals surface area contributed by atoms with E-state index in [9.17, 15) is 13.2 Å². The topological polar surface area (TPSA) is 89.0 Å². The fourth-order valence-electron chi connectivity index (χ4n) is 2.11. The van der Waals surface area contributed by atoms with Gasteiger partial charge >= 0.3 is 0 Å². The number of sulfonamides is 1. The van der Waals surface area contributed by atoms with E-state index in [1.165, 1.54) is 11.3 Å². The van der Waals surface area contributed by atoms with Gasteiger partial charge in [-0.25, -0.2) is 23.1 Å². The smallest absolute Gasteiger partial charge is 0.267 e. The number of fused-ring (bicyclic) bond motifs is 1. The van der Waals surface area contributed by atoms with Crippen LogP contribution in [0, 0.1) is 13.8 Å². The van der Waals surface area contributed by atoms with Crippen molar-refractivity contribution in [2.24, 2.45) is 0 Å². The van der Waals surface area contributed by atoms with Gasteiger partial charge in [-0.15, -0.1) is 11.3 Å². The van der Waals surface area contributed by atoms with Gasteiger partial charge in [0.05, 0.1) is 16.8 Å². The van der Waals surface area contributed by atoms with Crippen LogP contribution in [-0.4, -0.2) is 30.5 Å². The first-order valence-corrected chi connectivity index (χ1v) is 9.41. The van der Waals surface area contributed by atoms with Gasteiger partial charge in [0.1, 0.15) is 10.7 Å². The molecule has 0 bridgehead atoms. The van der Waals surface area contributed by atoms with E-state index in [2.05, 4.69) is 9.97 Å². The predicted molar refractivity (Wildman–Crippen MR) is 87.9 cm³/mol. The second-order valence-corrected chi connectivity index (χ2v) is 9.07. The van der Waals surface area contributed by atoms with Crippen molar-refractivity contribution in [2.45, 2.75) is 40.0 Å². The van der Waals surface area contributed by atoms with Gasteiger partial charge in [-0.05, 0) is 19.4 Å². The summed E-state index contributed by atoms with van der Waals surface area (Å²) in [6.07, 6.45) is 0.955. The number of thiophene rings is 1. The van der Waals surface area contributed by atoms with Crippen molar-refractivity contribution in [3.63, 3.8) is 0 Å². The summed E-state index contributed by atoms with van der Waals surface area (Å²) in [5, 5.41) is 0.816. The molecule has 0 aliphatic heterocycles. The Morgan fingerprint density at radius 3 is 2.27 bits per heavy atom. The largest absolute Gasteiger partial charge is 0.275 e. The number of rotatable bonds is 2. The van der Waals surface area contributed by atoms with E-state index in [0.29, 0.717) is 21.1 Å². The van der Waals surface area contributed by atoms with Gasteiger partial charge < -0.3 is 0 Å². The van der Waals surface area contributed by atoms with Crippen LogP contribution >= 0.6 is 11.3 Å². The highest BCUT2D eigenvalue weighted by Crippen LogP contribution is 2.33. The van der Waals surface area contributed by atoms with Gasteiger partial charge in [0.25, 0.3) is 5.91 Å². The fraction of sp³-hybridized carbons (Fsp3) is 0.500. The van der Waals surface area contributed by atoms with Crippen LogP contribution < -0.4 is 4.72 Å². The minimum absolute atomic E-state index is 0.202. The average Bonchev–Trinajstić information content (AvgIpc) is 2.63. The third-order valence-corrected chi connectivity index (χ3v) is 4.87. The van der Waals surface area contributed by atoms with Gasteiger partial charge in [-0.3, -0.25) is 4.79 Å². The minimum atomic E-state index is -3.60. The number of aryl methyl sites for hydroxylation is 2. The lowest BCUT2D eigenvalue weighted by atomic mass is 9.95. The molecular weight excluding hydrogens is 322 g/mol. The number of nitrogens with one attached hydrogen (secondary N) is 1. The van der Waals surface area contributed by atoms with Gasteiger partial charge in [-0.1, -0.05) is 20.8 Å². The maximum Gasteiger partial charge on any atom is 0.275 e. The second kappa shape index (κ2) is 5.27. The molecule has 0 saturated carbocycles. The maximum absolute atomic E-state index is 12.1. The van der Waals surface area contributed by atoms with Crippen molar-refractivity contribution in [2.75, 3.05) is 6.26 Å². The molecule has 0 fully saturated rings. The summed E-state index contributed by atoms with van der Waals surface area (Å²) in [4.78, 5) is 22.2. The molecular formula is C14H19N3O3S2. The van der Waals surface area contributed by atoms with E-state index in [1.54, 1.807) is 6.92 Å². The number of carbonyl (C=O) groups excluding carboxylic acids is 1. The van der Waals surface area contributed by atoms with Crippen LogP contribution in [-0.2, 0) is 15.4 Å². The number of nitrogens with zero attached hydrogens (tertiary/aromatic N) is 2. The van der Waals surface area contributed by atoms with Gasteiger partial charge in [0, 0.05) is 10.8 Å². The standard InChI is InChI=1S/C14H19N3O3S2/c1-7-9-8(2)15-13(14(3,4)5)16-12(9)21-10(7)11(18)17-22(6,19)20/h1-6H3,(H,17,18). The molecule has 0 aliphatic carbocycles. The van der Waals surface area contributed by atoms with Crippen LogP contribution in [0.5, 0.6) is 0 Å². The van der Waals surface area contributed by atoms with Gasteiger partial charge in [0.2, 0.25) is 10.0 Å². The molecule has 0 aliphatic rings. The Kier molecular flexibility index (Phi) is 4.03. The number of hydrogen-bond donors (Lipinski definition) is 1. The van der Waals surface area contributed by atoms with Crippen molar-refractivity contribution in [3.05, 3.63) is 22.0 Å². The molecule has 2 heterocycles. The number of hydrogen-bond acceptors (Lipinski definition) is 6. The molecule has 0 saturated heterocycles. The highest BCUT2D eigenvalue weighted by molar-refractivity contribution is 7.89. The third-order valence-electron chi connectivity index (χ3n) is 3.13. The first kappa shape index (κ1) is 16.8. The lowest BCUT2D eigenvalue weighted by Crippen LogP contribution is -2.29. The summed E-state index contributed by atoms with van der Waals surface area (Å²) in [6.45, 7) is 9.71. The Labute approximate surface area is 134 Å². The molecule has 2 aromatic rings. The molecule has 22 heavy (non-hydrogen) atoms. The van der Waals surface area contributed by atoms with E-state index in [0.717, 1.165) is 17.3 Å². The lowest BCUT2D eigenvalue weighted by Gasteiger charge is -2.16. The predicted octanol–water partition coefficient (Wildman–Crippen LogP) is 2.30. The monoisotopic (exact) mass is 341 g/mol. The Hall–Kier alpha value is -1.54. The third kappa shape index (κ3) is 3.27. The van der Waals surface area contributed by atoms with Crippen molar-refractivity contribution in [3.8, 4) is 0 Å². The summed E-state index contributed by atoms with van der Waals surface area (Å²) < 4.78 is 24.5. The minimum Gasteiger partial charge on any atom is -0.267 e. The van der Waals surface area contributed by atoms with E-state index < -0.39 is 15.9 Å². The first-order valence-electron chi connectivity index (χ1n) is 6.70. The van der Waals surface area contributed by atoms with Crippen LogP contribution in [0.2, 0.25) is 0 Å². The molecule has 1 amide bonds. The van der Waals surface area contributed by atoms with Gasteiger partial charge in [-0.2, -0.15) is 0 Å².